The van der Waals surface area contributed by atoms with E-state index in [9.17, 15) is 0 Å². The first-order valence-corrected chi connectivity index (χ1v) is 3.28. The minimum absolute atomic E-state index is 0.0625. The van der Waals surface area contributed by atoms with Crippen LogP contribution in [0.3, 0.4) is 0 Å². The van der Waals surface area contributed by atoms with Crippen LogP contribution < -0.4 is 10.5 Å². The Bertz CT molecular complexity index is 271. The van der Waals surface area contributed by atoms with Crippen LogP contribution in [0.25, 0.3) is 0 Å². The second-order valence-corrected chi connectivity index (χ2v) is 2.38. The van der Waals surface area contributed by atoms with Crippen molar-refractivity contribution in [2.45, 2.75) is 6.92 Å². The van der Waals surface area contributed by atoms with E-state index >= 15 is 0 Å². The Kier molecular flexibility index (Phi) is 1.89. The minimum Gasteiger partial charge on any atom is -0.506 e. The lowest BCUT2D eigenvalue weighted by Gasteiger charge is -2.06. The highest BCUT2D eigenvalue weighted by Gasteiger charge is 2.02. The molecule has 0 fully saturated rings. The summed E-state index contributed by atoms with van der Waals surface area (Å²) in [5.74, 6) is 0.712. The highest BCUT2D eigenvalue weighted by molar-refractivity contribution is 5.57. The normalized spacial score (nSPS) is 9.64. The molecule has 0 heterocycles. The van der Waals surface area contributed by atoms with Gasteiger partial charge in [-0.05, 0) is 18.6 Å². The molecule has 1 aromatic rings. The van der Waals surface area contributed by atoms with Crippen molar-refractivity contribution in [2.75, 3.05) is 12.8 Å². The first-order valence-electron chi connectivity index (χ1n) is 3.28. The van der Waals surface area contributed by atoms with Gasteiger partial charge in [-0.25, -0.2) is 0 Å². The molecule has 0 amide bonds. The van der Waals surface area contributed by atoms with Crippen molar-refractivity contribution < 1.29 is 9.84 Å². The lowest BCUT2D eigenvalue weighted by molar-refractivity contribution is 0.405. The van der Waals surface area contributed by atoms with Crippen molar-refractivity contribution in [3.63, 3.8) is 0 Å². The molecule has 0 aliphatic rings. The molecule has 0 saturated heterocycles. The lowest BCUT2D eigenvalue weighted by atomic mass is 10.2. The number of rotatable bonds is 1. The zero-order valence-corrected chi connectivity index (χ0v) is 6.59. The maximum absolute atomic E-state index is 9.15. The largest absolute Gasteiger partial charge is 0.506 e. The van der Waals surface area contributed by atoms with Crippen molar-refractivity contribution >= 4 is 5.69 Å². The van der Waals surface area contributed by atoms with Crippen LogP contribution in [0.1, 0.15) is 5.56 Å². The molecule has 0 bridgehead atoms. The number of benzene rings is 1. The summed E-state index contributed by atoms with van der Waals surface area (Å²) in [6, 6.07) is 3.18. The van der Waals surface area contributed by atoms with E-state index in [2.05, 4.69) is 0 Å². The van der Waals surface area contributed by atoms with Crippen LogP contribution in [0.4, 0.5) is 5.69 Å². The van der Waals surface area contributed by atoms with Crippen LogP contribution in [-0.4, -0.2) is 12.2 Å². The third-order valence-electron chi connectivity index (χ3n) is 1.54. The molecule has 0 aromatic heterocycles. The summed E-state index contributed by atoms with van der Waals surface area (Å²) >= 11 is 0. The smallest absolute Gasteiger partial charge is 0.142 e. The van der Waals surface area contributed by atoms with Gasteiger partial charge in [-0.2, -0.15) is 0 Å². The number of phenols is 1. The Morgan fingerprint density at radius 3 is 2.64 bits per heavy atom. The Labute approximate surface area is 65.4 Å². The van der Waals surface area contributed by atoms with Crippen LogP contribution in [0.5, 0.6) is 11.5 Å². The van der Waals surface area contributed by atoms with Gasteiger partial charge in [0.1, 0.15) is 11.5 Å². The van der Waals surface area contributed by atoms with Crippen molar-refractivity contribution in [1.82, 2.24) is 0 Å². The van der Waals surface area contributed by atoms with Crippen molar-refractivity contribution in [1.29, 1.82) is 0 Å². The second kappa shape index (κ2) is 2.70. The quantitative estimate of drug-likeness (QED) is 0.472. The van der Waals surface area contributed by atoms with Gasteiger partial charge in [-0.1, -0.05) is 0 Å². The van der Waals surface area contributed by atoms with Crippen LogP contribution in [0.15, 0.2) is 12.1 Å². The molecule has 0 radical (unpaired) electrons. The summed E-state index contributed by atoms with van der Waals surface area (Å²) in [6.45, 7) is 1.87. The zero-order valence-electron chi connectivity index (χ0n) is 6.59. The highest BCUT2D eigenvalue weighted by Crippen LogP contribution is 2.28. The number of methoxy groups -OCH3 is 1. The van der Waals surface area contributed by atoms with Crippen molar-refractivity contribution in [2.24, 2.45) is 0 Å². The Morgan fingerprint density at radius 2 is 2.09 bits per heavy atom. The van der Waals surface area contributed by atoms with Crippen LogP contribution >= 0.6 is 0 Å². The highest BCUT2D eigenvalue weighted by atomic mass is 16.5. The number of ether oxygens (including phenoxy) is 1. The number of anilines is 1. The zero-order chi connectivity index (χ0) is 8.43. The van der Waals surface area contributed by atoms with Crippen LogP contribution in [0, 0.1) is 6.92 Å². The van der Waals surface area contributed by atoms with Gasteiger partial charge in [0.15, 0.2) is 0 Å². The summed E-state index contributed by atoms with van der Waals surface area (Å²) in [4.78, 5) is 0. The SMILES string of the molecule is COc1cc(O)c(N)cc1C. The molecule has 0 atom stereocenters. The first kappa shape index (κ1) is 7.72. The fourth-order valence-electron chi connectivity index (χ4n) is 0.920. The number of hydrogen-bond acceptors (Lipinski definition) is 3. The van der Waals surface area contributed by atoms with Crippen molar-refractivity contribution in [3.8, 4) is 11.5 Å². The summed E-state index contributed by atoms with van der Waals surface area (Å²) < 4.78 is 4.97. The molecular weight excluding hydrogens is 142 g/mol. The molecule has 0 unspecified atom stereocenters. The standard InChI is InChI=1S/C8H11NO2/c1-5-3-6(9)7(10)4-8(5)11-2/h3-4,10H,9H2,1-2H3. The summed E-state index contributed by atoms with van der Waals surface area (Å²) in [5.41, 5.74) is 6.74. The fraction of sp³-hybridized carbons (Fsp3) is 0.250. The van der Waals surface area contributed by atoms with E-state index in [1.165, 1.54) is 6.07 Å². The molecule has 0 aliphatic carbocycles. The molecule has 11 heavy (non-hydrogen) atoms. The number of aromatic hydroxyl groups is 1. The van der Waals surface area contributed by atoms with Gasteiger partial charge in [-0.3, -0.25) is 0 Å². The van der Waals surface area contributed by atoms with E-state index in [1.807, 2.05) is 6.92 Å². The number of phenolic OH excluding ortho intramolecular Hbond substituents is 1. The monoisotopic (exact) mass is 153 g/mol. The molecule has 3 nitrogen and oxygen atoms in total. The molecule has 1 rings (SSSR count). The van der Waals surface area contributed by atoms with E-state index in [1.54, 1.807) is 13.2 Å². The van der Waals surface area contributed by atoms with Crippen LogP contribution in [-0.2, 0) is 0 Å². The third-order valence-corrected chi connectivity index (χ3v) is 1.54. The first-order chi connectivity index (χ1) is 5.15. The maximum atomic E-state index is 9.15. The van der Waals surface area contributed by atoms with Gasteiger partial charge >= 0.3 is 0 Å². The maximum Gasteiger partial charge on any atom is 0.142 e. The third kappa shape index (κ3) is 1.37. The van der Waals surface area contributed by atoms with E-state index in [4.69, 9.17) is 15.6 Å². The number of nitrogen functional groups attached to an aromatic ring is 1. The molecule has 0 spiro atoms. The summed E-state index contributed by atoms with van der Waals surface area (Å²) in [7, 11) is 1.55. The van der Waals surface area contributed by atoms with E-state index < -0.39 is 0 Å². The van der Waals surface area contributed by atoms with Gasteiger partial charge in [0.2, 0.25) is 0 Å². The van der Waals surface area contributed by atoms with Gasteiger partial charge < -0.3 is 15.6 Å². The average molecular weight is 153 g/mol. The number of aryl methyl sites for hydroxylation is 1. The molecule has 0 saturated carbocycles. The number of hydrogen-bond donors (Lipinski definition) is 2. The predicted molar refractivity (Wildman–Crippen MR) is 43.8 cm³/mol. The average Bonchev–Trinajstić information content (AvgIpc) is 1.97. The molecule has 0 aliphatic heterocycles. The lowest BCUT2D eigenvalue weighted by Crippen LogP contribution is -1.91. The van der Waals surface area contributed by atoms with Gasteiger partial charge in [0.05, 0.1) is 12.8 Å². The topological polar surface area (TPSA) is 55.5 Å². The Balaban J connectivity index is 3.21. The van der Waals surface area contributed by atoms with Crippen molar-refractivity contribution in [3.05, 3.63) is 17.7 Å². The van der Waals surface area contributed by atoms with E-state index in [0.717, 1.165) is 5.56 Å². The molecule has 3 heteroatoms. The number of nitrogens with two attached hydrogens (primary N) is 1. The second-order valence-electron chi connectivity index (χ2n) is 2.38. The Morgan fingerprint density at radius 1 is 1.45 bits per heavy atom. The minimum atomic E-state index is 0.0625. The fourth-order valence-corrected chi connectivity index (χ4v) is 0.920. The van der Waals surface area contributed by atoms with Crippen LogP contribution in [0.2, 0.25) is 0 Å². The molecule has 60 valence electrons. The summed E-state index contributed by atoms with van der Waals surface area (Å²) in [5, 5.41) is 9.15. The predicted octanol–water partition coefficient (Wildman–Crippen LogP) is 1.29. The van der Waals surface area contributed by atoms with Gasteiger partial charge in [0, 0.05) is 6.07 Å². The summed E-state index contributed by atoms with van der Waals surface area (Å²) in [6.07, 6.45) is 0. The van der Waals surface area contributed by atoms with E-state index in [0.29, 0.717) is 11.4 Å². The Hall–Kier alpha value is -1.38. The molecule has 1 aromatic carbocycles. The van der Waals surface area contributed by atoms with Gasteiger partial charge in [-0.15, -0.1) is 0 Å². The molecule has 3 N–H and O–H groups in total. The molecular formula is C8H11NO2. The van der Waals surface area contributed by atoms with Gasteiger partial charge in [0.25, 0.3) is 0 Å². The van der Waals surface area contributed by atoms with E-state index in [-0.39, 0.29) is 5.75 Å².